The zero-order valence-electron chi connectivity index (χ0n) is 12.6. The summed E-state index contributed by atoms with van der Waals surface area (Å²) in [6.07, 6.45) is 0. The molecule has 7 nitrogen and oxygen atoms in total. The van der Waals surface area contributed by atoms with Crippen LogP contribution in [0.15, 0.2) is 48.5 Å². The highest BCUT2D eigenvalue weighted by atomic mass is 35.5. The second-order valence-corrected chi connectivity index (χ2v) is 5.13. The van der Waals surface area contributed by atoms with E-state index in [0.717, 1.165) is 0 Å². The van der Waals surface area contributed by atoms with Gasteiger partial charge in [0.15, 0.2) is 6.61 Å². The zero-order valence-corrected chi connectivity index (χ0v) is 13.4. The van der Waals surface area contributed by atoms with Crippen molar-refractivity contribution in [2.75, 3.05) is 19.8 Å². The molecular formula is C16H15ClN2O5. The molecule has 1 amide bonds. The van der Waals surface area contributed by atoms with Crippen molar-refractivity contribution in [1.29, 1.82) is 0 Å². The van der Waals surface area contributed by atoms with E-state index in [2.05, 4.69) is 5.32 Å². The number of hydrogen-bond donors (Lipinski definition) is 1. The molecule has 0 spiro atoms. The Morgan fingerprint density at radius 3 is 2.25 bits per heavy atom. The van der Waals surface area contributed by atoms with Crippen molar-refractivity contribution in [3.63, 3.8) is 0 Å². The number of ether oxygens (including phenoxy) is 2. The molecule has 24 heavy (non-hydrogen) atoms. The van der Waals surface area contributed by atoms with Crippen LogP contribution in [0.4, 0.5) is 5.69 Å². The molecule has 8 heteroatoms. The summed E-state index contributed by atoms with van der Waals surface area (Å²) >= 11 is 5.76. The van der Waals surface area contributed by atoms with Crippen LogP contribution in [0.5, 0.6) is 11.5 Å². The molecule has 0 atom stereocenters. The number of nitro groups is 1. The van der Waals surface area contributed by atoms with E-state index < -0.39 is 4.92 Å². The van der Waals surface area contributed by atoms with Gasteiger partial charge in [-0.3, -0.25) is 14.9 Å². The Kier molecular flexibility index (Phi) is 6.39. The average Bonchev–Trinajstić information content (AvgIpc) is 2.59. The molecule has 1 N–H and O–H groups in total. The van der Waals surface area contributed by atoms with E-state index in [4.69, 9.17) is 21.1 Å². The second-order valence-electron chi connectivity index (χ2n) is 4.69. The van der Waals surface area contributed by atoms with Crippen molar-refractivity contribution < 1.29 is 19.2 Å². The van der Waals surface area contributed by atoms with E-state index in [1.54, 1.807) is 24.3 Å². The monoisotopic (exact) mass is 350 g/mol. The fraction of sp³-hybridized carbons (Fsp3) is 0.188. The molecule has 0 fully saturated rings. The van der Waals surface area contributed by atoms with Crippen LogP contribution in [-0.4, -0.2) is 30.6 Å². The van der Waals surface area contributed by atoms with Crippen LogP contribution in [0.1, 0.15) is 0 Å². The lowest BCUT2D eigenvalue weighted by atomic mass is 10.3. The Bertz CT molecular complexity index is 689. The Balaban J connectivity index is 1.64. The summed E-state index contributed by atoms with van der Waals surface area (Å²) in [6.45, 7) is 0.453. The van der Waals surface area contributed by atoms with Crippen LogP contribution in [0.3, 0.4) is 0 Å². The summed E-state index contributed by atoms with van der Waals surface area (Å²) in [7, 11) is 0. The van der Waals surface area contributed by atoms with Gasteiger partial charge in [-0.1, -0.05) is 11.6 Å². The molecule has 0 saturated heterocycles. The Morgan fingerprint density at radius 2 is 1.62 bits per heavy atom. The fourth-order valence-corrected chi connectivity index (χ4v) is 1.88. The number of nitrogens with one attached hydrogen (secondary N) is 1. The molecule has 0 aliphatic carbocycles. The highest BCUT2D eigenvalue weighted by Gasteiger charge is 2.06. The van der Waals surface area contributed by atoms with Gasteiger partial charge in [0.05, 0.1) is 11.5 Å². The standard InChI is InChI=1S/C16H15ClN2O5/c17-12-1-5-14(6-2-12)23-10-9-18-16(20)11-24-15-7-3-13(4-8-15)19(21)22/h1-8H,9-11H2,(H,18,20). The molecule has 126 valence electrons. The first kappa shape index (κ1) is 17.6. The topological polar surface area (TPSA) is 90.7 Å². The Labute approximate surface area is 143 Å². The maximum atomic E-state index is 11.6. The maximum Gasteiger partial charge on any atom is 0.269 e. The zero-order chi connectivity index (χ0) is 17.4. The molecule has 2 aromatic rings. The molecule has 0 heterocycles. The van der Waals surface area contributed by atoms with Crippen LogP contribution < -0.4 is 14.8 Å². The quantitative estimate of drug-likeness (QED) is 0.449. The number of nitrogens with zero attached hydrogens (tertiary/aromatic N) is 1. The van der Waals surface area contributed by atoms with Gasteiger partial charge in [-0.25, -0.2) is 0 Å². The third-order valence-corrected chi connectivity index (χ3v) is 3.18. The maximum absolute atomic E-state index is 11.6. The molecule has 0 aliphatic rings. The van der Waals surface area contributed by atoms with E-state index in [-0.39, 0.29) is 18.2 Å². The molecule has 0 unspecified atom stereocenters. The van der Waals surface area contributed by atoms with Gasteiger partial charge < -0.3 is 14.8 Å². The van der Waals surface area contributed by atoms with Crippen molar-refractivity contribution in [3.8, 4) is 11.5 Å². The minimum absolute atomic E-state index is 0.0360. The molecule has 0 bridgehead atoms. The molecule has 2 aromatic carbocycles. The van der Waals surface area contributed by atoms with Crippen LogP contribution >= 0.6 is 11.6 Å². The van der Waals surface area contributed by atoms with Gasteiger partial charge in [0.2, 0.25) is 0 Å². The predicted octanol–water partition coefficient (Wildman–Crippen LogP) is 2.82. The summed E-state index contributed by atoms with van der Waals surface area (Å²) in [5, 5.41) is 13.8. The fourth-order valence-electron chi connectivity index (χ4n) is 1.75. The molecule has 0 radical (unpaired) electrons. The first-order chi connectivity index (χ1) is 11.5. The SMILES string of the molecule is O=C(COc1ccc([N+](=O)[O-])cc1)NCCOc1ccc(Cl)cc1. The number of carbonyl (C=O) groups excluding carboxylic acids is 1. The van der Waals surface area contributed by atoms with Gasteiger partial charge in [0, 0.05) is 17.2 Å². The number of halogens is 1. The summed E-state index contributed by atoms with van der Waals surface area (Å²) < 4.78 is 10.7. The van der Waals surface area contributed by atoms with E-state index in [0.29, 0.717) is 29.7 Å². The third-order valence-electron chi connectivity index (χ3n) is 2.92. The number of rotatable bonds is 8. The summed E-state index contributed by atoms with van der Waals surface area (Å²) in [5.74, 6) is 0.733. The minimum atomic E-state index is -0.503. The van der Waals surface area contributed by atoms with E-state index in [1.807, 2.05) is 0 Å². The number of nitro benzene ring substituents is 1. The largest absolute Gasteiger partial charge is 0.492 e. The van der Waals surface area contributed by atoms with Gasteiger partial charge in [-0.15, -0.1) is 0 Å². The Hall–Kier alpha value is -2.80. The van der Waals surface area contributed by atoms with Crippen molar-refractivity contribution in [2.24, 2.45) is 0 Å². The molecule has 0 aliphatic heterocycles. The summed E-state index contributed by atoms with van der Waals surface area (Å²) in [6, 6.07) is 12.4. The van der Waals surface area contributed by atoms with Crippen molar-refractivity contribution in [3.05, 3.63) is 63.7 Å². The van der Waals surface area contributed by atoms with Gasteiger partial charge in [-0.2, -0.15) is 0 Å². The predicted molar refractivity (Wildman–Crippen MR) is 88.5 cm³/mol. The van der Waals surface area contributed by atoms with Crippen LogP contribution in [0, 0.1) is 10.1 Å². The van der Waals surface area contributed by atoms with Gasteiger partial charge in [0.25, 0.3) is 11.6 Å². The third kappa shape index (κ3) is 5.77. The van der Waals surface area contributed by atoms with Crippen LogP contribution in [0.2, 0.25) is 5.02 Å². The number of benzene rings is 2. The van der Waals surface area contributed by atoms with E-state index in [9.17, 15) is 14.9 Å². The molecule has 0 aromatic heterocycles. The number of carbonyl (C=O) groups is 1. The second kappa shape index (κ2) is 8.73. The van der Waals surface area contributed by atoms with Crippen molar-refractivity contribution in [2.45, 2.75) is 0 Å². The molecular weight excluding hydrogens is 336 g/mol. The van der Waals surface area contributed by atoms with Gasteiger partial charge in [0.1, 0.15) is 18.1 Å². The van der Waals surface area contributed by atoms with Crippen molar-refractivity contribution in [1.82, 2.24) is 5.32 Å². The summed E-state index contributed by atoms with van der Waals surface area (Å²) in [4.78, 5) is 21.7. The van der Waals surface area contributed by atoms with E-state index >= 15 is 0 Å². The normalized spacial score (nSPS) is 10.0. The van der Waals surface area contributed by atoms with Gasteiger partial charge >= 0.3 is 0 Å². The molecule has 2 rings (SSSR count). The smallest absolute Gasteiger partial charge is 0.269 e. The Morgan fingerprint density at radius 1 is 1.04 bits per heavy atom. The lowest BCUT2D eigenvalue weighted by Gasteiger charge is -2.09. The number of hydrogen-bond acceptors (Lipinski definition) is 5. The lowest BCUT2D eigenvalue weighted by molar-refractivity contribution is -0.384. The first-order valence-electron chi connectivity index (χ1n) is 7.07. The average molecular weight is 351 g/mol. The van der Waals surface area contributed by atoms with Crippen molar-refractivity contribution >= 4 is 23.2 Å². The lowest BCUT2D eigenvalue weighted by Crippen LogP contribution is -2.32. The van der Waals surface area contributed by atoms with Crippen LogP contribution in [0.25, 0.3) is 0 Å². The highest BCUT2D eigenvalue weighted by Crippen LogP contribution is 2.17. The highest BCUT2D eigenvalue weighted by molar-refractivity contribution is 6.30. The number of non-ortho nitro benzene ring substituents is 1. The minimum Gasteiger partial charge on any atom is -0.492 e. The molecule has 0 saturated carbocycles. The van der Waals surface area contributed by atoms with Crippen LogP contribution in [-0.2, 0) is 4.79 Å². The van der Waals surface area contributed by atoms with Gasteiger partial charge in [-0.05, 0) is 36.4 Å². The number of amides is 1. The first-order valence-corrected chi connectivity index (χ1v) is 7.45. The summed E-state index contributed by atoms with van der Waals surface area (Å²) in [5.41, 5.74) is -0.0360. The van der Waals surface area contributed by atoms with E-state index in [1.165, 1.54) is 24.3 Å².